The predicted octanol–water partition coefficient (Wildman–Crippen LogP) is 3.41. The van der Waals surface area contributed by atoms with Gasteiger partial charge in [-0.05, 0) is 23.6 Å². The molecule has 1 aliphatic heterocycles. The summed E-state index contributed by atoms with van der Waals surface area (Å²) in [5.41, 5.74) is 0.427. The highest BCUT2D eigenvalue weighted by molar-refractivity contribution is 7.20. The fraction of sp³-hybridized carbons (Fsp3) is 0.176. The van der Waals surface area contributed by atoms with E-state index in [0.717, 1.165) is 9.88 Å². The van der Waals surface area contributed by atoms with Crippen molar-refractivity contribution in [2.24, 2.45) is 0 Å². The number of ether oxygens (including phenoxy) is 3. The molecule has 3 aromatic rings. The first-order chi connectivity index (χ1) is 12.3. The van der Waals surface area contributed by atoms with Gasteiger partial charge in [0.15, 0.2) is 11.5 Å². The number of amides is 1. The SMILES string of the molecule is O=C(NCCOc1ccc2c(c1)OCO2)c1csc(-c2cccs2)n1. The molecule has 0 unspecified atom stereocenters. The Morgan fingerprint density at radius 3 is 3.04 bits per heavy atom. The number of nitrogens with one attached hydrogen (secondary N) is 1. The monoisotopic (exact) mass is 374 g/mol. The number of rotatable bonds is 6. The van der Waals surface area contributed by atoms with E-state index in [1.165, 1.54) is 11.3 Å². The zero-order chi connectivity index (χ0) is 17.1. The number of thiazole rings is 1. The lowest BCUT2D eigenvalue weighted by Gasteiger charge is -2.07. The molecule has 8 heteroatoms. The Balaban J connectivity index is 1.26. The van der Waals surface area contributed by atoms with Crippen molar-refractivity contribution in [3.8, 4) is 27.1 Å². The van der Waals surface area contributed by atoms with E-state index in [4.69, 9.17) is 14.2 Å². The summed E-state index contributed by atoms with van der Waals surface area (Å²) in [6.07, 6.45) is 0. The molecular weight excluding hydrogens is 360 g/mol. The van der Waals surface area contributed by atoms with Crippen LogP contribution in [0.1, 0.15) is 10.5 Å². The second-order valence-electron chi connectivity index (χ2n) is 5.13. The van der Waals surface area contributed by atoms with Gasteiger partial charge in [-0.3, -0.25) is 4.79 Å². The normalized spacial score (nSPS) is 12.2. The molecule has 2 aromatic heterocycles. The summed E-state index contributed by atoms with van der Waals surface area (Å²) in [5, 5.41) is 7.42. The molecule has 128 valence electrons. The van der Waals surface area contributed by atoms with Gasteiger partial charge in [0.2, 0.25) is 6.79 Å². The van der Waals surface area contributed by atoms with Crippen molar-refractivity contribution in [1.29, 1.82) is 0 Å². The van der Waals surface area contributed by atoms with Crippen molar-refractivity contribution in [1.82, 2.24) is 10.3 Å². The van der Waals surface area contributed by atoms with Crippen molar-refractivity contribution in [3.63, 3.8) is 0 Å². The van der Waals surface area contributed by atoms with Gasteiger partial charge < -0.3 is 19.5 Å². The lowest BCUT2D eigenvalue weighted by molar-refractivity contribution is 0.0942. The summed E-state index contributed by atoms with van der Waals surface area (Å²) >= 11 is 3.07. The molecule has 1 N–H and O–H groups in total. The molecule has 0 spiro atoms. The molecule has 25 heavy (non-hydrogen) atoms. The molecule has 6 nitrogen and oxygen atoms in total. The van der Waals surface area contributed by atoms with Gasteiger partial charge in [-0.25, -0.2) is 4.98 Å². The molecule has 0 fully saturated rings. The minimum absolute atomic E-state index is 0.201. The van der Waals surface area contributed by atoms with Crippen LogP contribution < -0.4 is 19.5 Å². The standard InChI is InChI=1S/C17H14N2O4S2/c20-16(12-9-25-17(19-12)15-2-1-7-24-15)18-5-6-21-11-3-4-13-14(8-11)23-10-22-13/h1-4,7-9H,5-6,10H2,(H,18,20). The maximum Gasteiger partial charge on any atom is 0.270 e. The second kappa shape index (κ2) is 7.12. The lowest BCUT2D eigenvalue weighted by Crippen LogP contribution is -2.28. The van der Waals surface area contributed by atoms with Crippen LogP contribution >= 0.6 is 22.7 Å². The van der Waals surface area contributed by atoms with E-state index in [1.807, 2.05) is 23.6 Å². The minimum Gasteiger partial charge on any atom is -0.492 e. The average molecular weight is 374 g/mol. The summed E-state index contributed by atoms with van der Waals surface area (Å²) in [7, 11) is 0. The molecule has 1 aromatic carbocycles. The highest BCUT2D eigenvalue weighted by Crippen LogP contribution is 2.35. The fourth-order valence-electron chi connectivity index (χ4n) is 2.28. The van der Waals surface area contributed by atoms with Gasteiger partial charge >= 0.3 is 0 Å². The van der Waals surface area contributed by atoms with Gasteiger partial charge in [-0.15, -0.1) is 22.7 Å². The summed E-state index contributed by atoms with van der Waals surface area (Å²) in [5.74, 6) is 1.86. The van der Waals surface area contributed by atoms with Crippen LogP contribution in [0.4, 0.5) is 0 Å². The Hall–Kier alpha value is -2.58. The van der Waals surface area contributed by atoms with Crippen LogP contribution in [0.15, 0.2) is 41.1 Å². The predicted molar refractivity (Wildman–Crippen MR) is 95.8 cm³/mol. The largest absolute Gasteiger partial charge is 0.492 e. The van der Waals surface area contributed by atoms with Crippen molar-refractivity contribution in [2.75, 3.05) is 19.9 Å². The number of aromatic nitrogens is 1. The molecule has 0 bridgehead atoms. The first-order valence-corrected chi connectivity index (χ1v) is 9.35. The van der Waals surface area contributed by atoms with E-state index in [-0.39, 0.29) is 12.7 Å². The third-order valence-electron chi connectivity index (χ3n) is 3.47. The van der Waals surface area contributed by atoms with Crippen LogP contribution in [0.5, 0.6) is 17.2 Å². The number of benzene rings is 1. The quantitative estimate of drug-likeness (QED) is 0.670. The lowest BCUT2D eigenvalue weighted by atomic mass is 10.3. The number of carbonyl (C=O) groups is 1. The maximum atomic E-state index is 12.1. The molecule has 3 heterocycles. The molecule has 0 saturated carbocycles. The number of fused-ring (bicyclic) bond motifs is 1. The Labute approximate surface area is 152 Å². The van der Waals surface area contributed by atoms with Gasteiger partial charge in [0.1, 0.15) is 23.1 Å². The number of nitrogens with zero attached hydrogens (tertiary/aromatic N) is 1. The van der Waals surface area contributed by atoms with E-state index in [9.17, 15) is 4.79 Å². The van der Waals surface area contributed by atoms with E-state index >= 15 is 0 Å². The molecule has 0 saturated heterocycles. The molecule has 1 aliphatic rings. The highest BCUT2D eigenvalue weighted by Gasteiger charge is 2.14. The highest BCUT2D eigenvalue weighted by atomic mass is 32.1. The third-order valence-corrected chi connectivity index (χ3v) is 5.35. The number of hydrogen-bond donors (Lipinski definition) is 1. The van der Waals surface area contributed by atoms with Gasteiger partial charge in [0.25, 0.3) is 5.91 Å². The van der Waals surface area contributed by atoms with Gasteiger partial charge in [0, 0.05) is 11.4 Å². The van der Waals surface area contributed by atoms with Crippen LogP contribution in [-0.2, 0) is 0 Å². The minimum atomic E-state index is -0.201. The number of hydrogen-bond acceptors (Lipinski definition) is 7. The molecular formula is C17H14N2O4S2. The summed E-state index contributed by atoms with van der Waals surface area (Å²) in [4.78, 5) is 17.6. The first-order valence-electron chi connectivity index (χ1n) is 7.59. The van der Waals surface area contributed by atoms with Crippen molar-refractivity contribution < 1.29 is 19.0 Å². The van der Waals surface area contributed by atoms with Crippen LogP contribution in [-0.4, -0.2) is 30.8 Å². The zero-order valence-corrected chi connectivity index (χ0v) is 14.7. The van der Waals surface area contributed by atoms with Gasteiger partial charge in [0.05, 0.1) is 11.4 Å². The Bertz CT molecular complexity index is 877. The summed E-state index contributed by atoms with van der Waals surface area (Å²) in [6.45, 7) is 0.975. The number of carbonyl (C=O) groups excluding carboxylic acids is 1. The van der Waals surface area contributed by atoms with Crippen molar-refractivity contribution in [3.05, 3.63) is 46.8 Å². The molecule has 0 aliphatic carbocycles. The molecule has 0 radical (unpaired) electrons. The van der Waals surface area contributed by atoms with Crippen LogP contribution in [0, 0.1) is 0 Å². The van der Waals surface area contributed by atoms with E-state index < -0.39 is 0 Å². The third kappa shape index (κ3) is 3.59. The Morgan fingerprint density at radius 2 is 2.16 bits per heavy atom. The van der Waals surface area contributed by atoms with Crippen LogP contribution in [0.25, 0.3) is 9.88 Å². The first kappa shape index (κ1) is 15.9. The smallest absolute Gasteiger partial charge is 0.270 e. The fourth-order valence-corrected chi connectivity index (χ4v) is 3.90. The summed E-state index contributed by atoms with van der Waals surface area (Å²) < 4.78 is 16.2. The Morgan fingerprint density at radius 1 is 1.24 bits per heavy atom. The van der Waals surface area contributed by atoms with Crippen LogP contribution in [0.2, 0.25) is 0 Å². The average Bonchev–Trinajstić information content (AvgIpc) is 3.38. The molecule has 4 rings (SSSR count). The molecule has 1 amide bonds. The van der Waals surface area contributed by atoms with Crippen molar-refractivity contribution >= 4 is 28.6 Å². The number of thiophene rings is 1. The maximum absolute atomic E-state index is 12.1. The molecule has 0 atom stereocenters. The Kier molecular flexibility index (Phi) is 4.53. The topological polar surface area (TPSA) is 69.7 Å². The summed E-state index contributed by atoms with van der Waals surface area (Å²) in [6, 6.07) is 9.34. The zero-order valence-electron chi connectivity index (χ0n) is 13.1. The van der Waals surface area contributed by atoms with E-state index in [2.05, 4.69) is 10.3 Å². The van der Waals surface area contributed by atoms with Crippen LogP contribution in [0.3, 0.4) is 0 Å². The van der Waals surface area contributed by atoms with E-state index in [1.54, 1.807) is 28.8 Å². The second-order valence-corrected chi connectivity index (χ2v) is 6.94. The van der Waals surface area contributed by atoms with Gasteiger partial charge in [-0.2, -0.15) is 0 Å². The van der Waals surface area contributed by atoms with E-state index in [0.29, 0.717) is 36.1 Å². The van der Waals surface area contributed by atoms with Crippen molar-refractivity contribution in [2.45, 2.75) is 0 Å². The van der Waals surface area contributed by atoms with Gasteiger partial charge in [-0.1, -0.05) is 6.07 Å².